The monoisotopic (exact) mass is 217 g/mol. The van der Waals surface area contributed by atoms with Gasteiger partial charge in [0.15, 0.2) is 0 Å². The predicted molar refractivity (Wildman–Crippen MR) is 66.5 cm³/mol. The first-order valence-electron chi connectivity index (χ1n) is 5.61. The molecule has 0 saturated carbocycles. The Morgan fingerprint density at radius 3 is 2.56 bits per heavy atom. The number of fused-ring (bicyclic) bond motifs is 1. The van der Waals surface area contributed by atoms with Crippen LogP contribution in [0.4, 0.5) is 0 Å². The molecule has 0 aromatic carbocycles. The molecule has 0 atom stereocenters. The molecule has 0 saturated heterocycles. The highest BCUT2D eigenvalue weighted by atomic mass is 15.0. The molecule has 2 aromatic heterocycles. The lowest BCUT2D eigenvalue weighted by molar-refractivity contribution is 0.564. The summed E-state index contributed by atoms with van der Waals surface area (Å²) in [5.74, 6) is 0. The molecule has 16 heavy (non-hydrogen) atoms. The van der Waals surface area contributed by atoms with E-state index in [1.54, 1.807) is 0 Å². The molecule has 0 unspecified atom stereocenters. The summed E-state index contributed by atoms with van der Waals surface area (Å²) in [6.07, 6.45) is 2.10. The molecule has 0 fully saturated rings. The van der Waals surface area contributed by atoms with Crippen LogP contribution >= 0.6 is 0 Å². The molecule has 0 aliphatic rings. The van der Waals surface area contributed by atoms with E-state index in [2.05, 4.69) is 49.3 Å². The average molecular weight is 217 g/mol. The highest BCUT2D eigenvalue weighted by Crippen LogP contribution is 2.26. The quantitative estimate of drug-likeness (QED) is 0.797. The summed E-state index contributed by atoms with van der Waals surface area (Å²) in [7, 11) is 0. The van der Waals surface area contributed by atoms with Crippen LogP contribution in [-0.4, -0.2) is 9.38 Å². The molecular weight excluding hydrogens is 198 g/mol. The van der Waals surface area contributed by atoms with Crippen LogP contribution in [0, 0.1) is 6.92 Å². The fourth-order valence-corrected chi connectivity index (χ4v) is 2.00. The highest BCUT2D eigenvalue weighted by Gasteiger charge is 2.22. The zero-order chi connectivity index (χ0) is 11.9. The molecule has 0 aliphatic carbocycles. The number of imidazole rings is 1. The summed E-state index contributed by atoms with van der Waals surface area (Å²) in [5, 5.41) is 0. The third-order valence-corrected chi connectivity index (χ3v) is 2.77. The summed E-state index contributed by atoms with van der Waals surface area (Å²) < 4.78 is 2.11. The molecule has 2 N–H and O–H groups in total. The van der Waals surface area contributed by atoms with E-state index < -0.39 is 0 Å². The smallest absolute Gasteiger partial charge is 0.137 e. The lowest BCUT2D eigenvalue weighted by Gasteiger charge is -2.17. The lowest BCUT2D eigenvalue weighted by atomic mass is 9.91. The van der Waals surface area contributed by atoms with Crippen molar-refractivity contribution in [3.63, 3.8) is 0 Å². The van der Waals surface area contributed by atoms with Gasteiger partial charge in [-0.05, 0) is 18.6 Å². The number of aromatic nitrogens is 2. The summed E-state index contributed by atoms with van der Waals surface area (Å²) in [6.45, 7) is 9.11. The first kappa shape index (κ1) is 11.1. The summed E-state index contributed by atoms with van der Waals surface area (Å²) in [5.41, 5.74) is 10.3. The highest BCUT2D eigenvalue weighted by molar-refractivity contribution is 5.46. The van der Waals surface area contributed by atoms with Gasteiger partial charge in [-0.2, -0.15) is 0 Å². The minimum atomic E-state index is 0.0363. The maximum atomic E-state index is 5.85. The van der Waals surface area contributed by atoms with Gasteiger partial charge < -0.3 is 10.1 Å². The van der Waals surface area contributed by atoms with Gasteiger partial charge in [-0.1, -0.05) is 26.8 Å². The zero-order valence-corrected chi connectivity index (χ0v) is 10.4. The largest absolute Gasteiger partial charge is 0.325 e. The molecule has 86 valence electrons. The second kappa shape index (κ2) is 3.59. The van der Waals surface area contributed by atoms with E-state index in [0.717, 1.165) is 17.0 Å². The van der Waals surface area contributed by atoms with Gasteiger partial charge in [-0.15, -0.1) is 0 Å². The third-order valence-electron chi connectivity index (χ3n) is 2.77. The lowest BCUT2D eigenvalue weighted by Crippen LogP contribution is -2.16. The van der Waals surface area contributed by atoms with Crippen molar-refractivity contribution < 1.29 is 0 Å². The first-order chi connectivity index (χ1) is 7.43. The van der Waals surface area contributed by atoms with Gasteiger partial charge in [0.1, 0.15) is 5.65 Å². The van der Waals surface area contributed by atoms with E-state index in [1.807, 2.05) is 6.07 Å². The van der Waals surface area contributed by atoms with E-state index in [-0.39, 0.29) is 5.41 Å². The Morgan fingerprint density at radius 1 is 1.31 bits per heavy atom. The molecule has 0 radical (unpaired) electrons. The predicted octanol–water partition coefficient (Wildman–Crippen LogP) is 2.40. The van der Waals surface area contributed by atoms with Crippen molar-refractivity contribution in [2.75, 3.05) is 0 Å². The van der Waals surface area contributed by atoms with Gasteiger partial charge in [-0.25, -0.2) is 4.98 Å². The van der Waals surface area contributed by atoms with Gasteiger partial charge in [-0.3, -0.25) is 0 Å². The third kappa shape index (κ3) is 1.71. The molecule has 3 nitrogen and oxygen atoms in total. The Hall–Kier alpha value is -1.35. The van der Waals surface area contributed by atoms with E-state index in [0.29, 0.717) is 6.54 Å². The number of nitrogens with zero attached hydrogens (tertiary/aromatic N) is 2. The van der Waals surface area contributed by atoms with Gasteiger partial charge >= 0.3 is 0 Å². The number of nitrogens with two attached hydrogens (primary N) is 1. The average Bonchev–Trinajstić information content (AvgIpc) is 2.54. The summed E-state index contributed by atoms with van der Waals surface area (Å²) in [4.78, 5) is 4.68. The molecule has 0 aliphatic heterocycles. The Bertz CT molecular complexity index is 518. The van der Waals surface area contributed by atoms with Crippen molar-refractivity contribution >= 4 is 5.65 Å². The zero-order valence-electron chi connectivity index (χ0n) is 10.4. The van der Waals surface area contributed by atoms with Crippen molar-refractivity contribution in [3.05, 3.63) is 35.3 Å². The Balaban J connectivity index is 2.77. The van der Waals surface area contributed by atoms with Gasteiger partial charge in [0.2, 0.25) is 0 Å². The molecule has 2 aromatic rings. The summed E-state index contributed by atoms with van der Waals surface area (Å²) in [6, 6.07) is 4.12. The first-order valence-corrected chi connectivity index (χ1v) is 5.61. The van der Waals surface area contributed by atoms with Gasteiger partial charge in [0.05, 0.1) is 11.4 Å². The number of hydrogen-bond donors (Lipinski definition) is 1. The molecule has 0 spiro atoms. The molecule has 3 heteroatoms. The van der Waals surface area contributed by atoms with Crippen LogP contribution in [0.2, 0.25) is 0 Å². The SMILES string of the molecule is Cc1ccc2nc(C(C)(C)C)c(CN)n2c1. The second-order valence-corrected chi connectivity index (χ2v) is 5.30. The van der Waals surface area contributed by atoms with Gasteiger partial charge in [0, 0.05) is 18.2 Å². The Morgan fingerprint density at radius 2 is 2.00 bits per heavy atom. The van der Waals surface area contributed by atoms with E-state index in [1.165, 1.54) is 5.56 Å². The molecule has 2 rings (SSSR count). The maximum absolute atomic E-state index is 5.85. The van der Waals surface area contributed by atoms with E-state index in [9.17, 15) is 0 Å². The van der Waals surface area contributed by atoms with Crippen LogP contribution in [0.25, 0.3) is 5.65 Å². The Kier molecular flexibility index (Phi) is 2.50. The second-order valence-electron chi connectivity index (χ2n) is 5.30. The number of aryl methyl sites for hydroxylation is 1. The number of hydrogen-bond acceptors (Lipinski definition) is 2. The van der Waals surface area contributed by atoms with Gasteiger partial charge in [0.25, 0.3) is 0 Å². The van der Waals surface area contributed by atoms with Crippen LogP contribution in [0.3, 0.4) is 0 Å². The fraction of sp³-hybridized carbons (Fsp3) is 0.462. The molecular formula is C13H19N3. The normalized spacial score (nSPS) is 12.3. The van der Waals surface area contributed by atoms with Crippen LogP contribution in [0.5, 0.6) is 0 Å². The minimum absolute atomic E-state index is 0.0363. The molecule has 0 bridgehead atoms. The van der Waals surface area contributed by atoms with Crippen molar-refractivity contribution in [1.29, 1.82) is 0 Å². The van der Waals surface area contributed by atoms with E-state index >= 15 is 0 Å². The van der Waals surface area contributed by atoms with Crippen molar-refractivity contribution in [2.24, 2.45) is 5.73 Å². The van der Waals surface area contributed by atoms with Crippen molar-refractivity contribution in [1.82, 2.24) is 9.38 Å². The van der Waals surface area contributed by atoms with Crippen LogP contribution < -0.4 is 5.73 Å². The Labute approximate surface area is 96.3 Å². The van der Waals surface area contributed by atoms with Crippen LogP contribution in [0.15, 0.2) is 18.3 Å². The van der Waals surface area contributed by atoms with Crippen molar-refractivity contribution in [3.8, 4) is 0 Å². The topological polar surface area (TPSA) is 43.3 Å². The number of rotatable bonds is 1. The fourth-order valence-electron chi connectivity index (χ4n) is 2.00. The van der Waals surface area contributed by atoms with Crippen molar-refractivity contribution in [2.45, 2.75) is 39.7 Å². The van der Waals surface area contributed by atoms with Crippen LogP contribution in [0.1, 0.15) is 37.7 Å². The van der Waals surface area contributed by atoms with E-state index in [4.69, 9.17) is 5.73 Å². The maximum Gasteiger partial charge on any atom is 0.137 e. The standard InChI is InChI=1S/C13H19N3/c1-9-5-6-11-15-12(13(2,3)4)10(7-14)16(11)8-9/h5-6,8H,7,14H2,1-4H3. The number of pyridine rings is 1. The van der Waals surface area contributed by atoms with Crippen LogP contribution in [-0.2, 0) is 12.0 Å². The molecule has 2 heterocycles. The molecule has 0 amide bonds. The minimum Gasteiger partial charge on any atom is -0.325 e. The summed E-state index contributed by atoms with van der Waals surface area (Å²) >= 11 is 0.